The van der Waals surface area contributed by atoms with Crippen molar-refractivity contribution in [3.63, 3.8) is 0 Å². The van der Waals surface area contributed by atoms with Crippen LogP contribution in [0.2, 0.25) is 0 Å². The minimum atomic E-state index is -4.15. The number of halogens is 2. The minimum Gasteiger partial charge on any atom is -0.316 e. The molecule has 19 heavy (non-hydrogen) atoms. The highest BCUT2D eigenvalue weighted by Crippen LogP contribution is 2.18. The summed E-state index contributed by atoms with van der Waals surface area (Å²) in [6.45, 7) is 1.82. The third kappa shape index (κ3) is 3.49. The zero-order chi connectivity index (χ0) is 13.9. The van der Waals surface area contributed by atoms with Crippen molar-refractivity contribution in [1.29, 1.82) is 0 Å². The molecule has 0 amide bonds. The second-order valence-corrected chi connectivity index (χ2v) is 6.32. The van der Waals surface area contributed by atoms with E-state index in [4.69, 9.17) is 0 Å². The Labute approximate surface area is 111 Å². The largest absolute Gasteiger partial charge is 0.316 e. The van der Waals surface area contributed by atoms with Crippen molar-refractivity contribution < 1.29 is 17.2 Å². The molecule has 0 bridgehead atoms. The first-order chi connectivity index (χ1) is 9.00. The van der Waals surface area contributed by atoms with Crippen molar-refractivity contribution in [3.05, 3.63) is 29.8 Å². The van der Waals surface area contributed by atoms with E-state index in [9.17, 15) is 17.2 Å². The van der Waals surface area contributed by atoms with Gasteiger partial charge in [0.25, 0.3) is 0 Å². The van der Waals surface area contributed by atoms with E-state index < -0.39 is 26.6 Å². The molecule has 7 heteroatoms. The van der Waals surface area contributed by atoms with Crippen molar-refractivity contribution in [2.75, 3.05) is 19.6 Å². The molecule has 4 nitrogen and oxygen atoms in total. The lowest BCUT2D eigenvalue weighted by Gasteiger charge is -2.22. The summed E-state index contributed by atoms with van der Waals surface area (Å²) in [6, 6.07) is 2.99. The molecule has 1 fully saturated rings. The zero-order valence-corrected chi connectivity index (χ0v) is 11.1. The summed E-state index contributed by atoms with van der Waals surface area (Å²) in [7, 11) is -4.15. The van der Waals surface area contributed by atoms with Crippen LogP contribution >= 0.6 is 0 Å². The Morgan fingerprint density at radius 1 is 1.32 bits per heavy atom. The zero-order valence-electron chi connectivity index (χ0n) is 10.3. The molecule has 1 aromatic carbocycles. The van der Waals surface area contributed by atoms with Gasteiger partial charge in [0.05, 0.1) is 0 Å². The second-order valence-electron chi connectivity index (χ2n) is 4.62. The van der Waals surface area contributed by atoms with E-state index >= 15 is 0 Å². The maximum Gasteiger partial charge on any atom is 0.246 e. The van der Waals surface area contributed by atoms with Crippen molar-refractivity contribution >= 4 is 10.0 Å². The topological polar surface area (TPSA) is 58.2 Å². The van der Waals surface area contributed by atoms with Crippen molar-refractivity contribution in [1.82, 2.24) is 10.0 Å². The van der Waals surface area contributed by atoms with Gasteiger partial charge in [-0.15, -0.1) is 0 Å². The lowest BCUT2D eigenvalue weighted by molar-refractivity contribution is 0.375. The highest BCUT2D eigenvalue weighted by atomic mass is 32.2. The van der Waals surface area contributed by atoms with Crippen LogP contribution in [0.5, 0.6) is 0 Å². The number of nitrogens with one attached hydrogen (secondary N) is 2. The Bertz CT molecular complexity index is 522. The monoisotopic (exact) mass is 290 g/mol. The van der Waals surface area contributed by atoms with Crippen LogP contribution in [-0.4, -0.2) is 28.1 Å². The predicted octanol–water partition coefficient (Wildman–Crippen LogP) is 1.24. The third-order valence-electron chi connectivity index (χ3n) is 3.15. The molecule has 2 rings (SSSR count). The minimum absolute atomic E-state index is 0.151. The number of hydrogen-bond acceptors (Lipinski definition) is 3. The Morgan fingerprint density at radius 3 is 2.58 bits per heavy atom. The first-order valence-corrected chi connectivity index (χ1v) is 7.63. The molecule has 2 N–H and O–H groups in total. The summed E-state index contributed by atoms with van der Waals surface area (Å²) in [5, 5.41) is 3.15. The molecule has 0 aliphatic carbocycles. The normalized spacial score (nSPS) is 20.4. The average Bonchev–Trinajstić information content (AvgIpc) is 2.37. The molecule has 0 unspecified atom stereocenters. The molecular weight excluding hydrogens is 274 g/mol. The van der Waals surface area contributed by atoms with E-state index in [0.717, 1.165) is 37.6 Å². The van der Waals surface area contributed by atoms with Gasteiger partial charge in [0.15, 0.2) is 4.90 Å². The summed E-state index contributed by atoms with van der Waals surface area (Å²) in [6.07, 6.45) is 1.87. The lowest BCUT2D eigenvalue weighted by Crippen LogP contribution is -2.38. The van der Waals surface area contributed by atoms with Crippen LogP contribution < -0.4 is 10.0 Å². The van der Waals surface area contributed by atoms with Crippen LogP contribution in [0.25, 0.3) is 0 Å². The second kappa shape index (κ2) is 5.94. The molecule has 1 aromatic rings. The Morgan fingerprint density at radius 2 is 2.00 bits per heavy atom. The van der Waals surface area contributed by atoms with Crippen LogP contribution in [0.1, 0.15) is 12.8 Å². The van der Waals surface area contributed by atoms with Gasteiger partial charge in [-0.3, -0.25) is 0 Å². The van der Waals surface area contributed by atoms with Gasteiger partial charge in [-0.1, -0.05) is 6.07 Å². The average molecular weight is 290 g/mol. The fourth-order valence-corrected chi connectivity index (χ4v) is 3.39. The van der Waals surface area contributed by atoms with E-state index in [-0.39, 0.29) is 12.5 Å². The van der Waals surface area contributed by atoms with E-state index in [0.29, 0.717) is 6.54 Å². The van der Waals surface area contributed by atoms with Gasteiger partial charge in [-0.2, -0.15) is 0 Å². The first kappa shape index (κ1) is 14.4. The van der Waals surface area contributed by atoms with Crippen LogP contribution in [-0.2, 0) is 10.0 Å². The summed E-state index contributed by atoms with van der Waals surface area (Å²) in [5.74, 6) is -2.00. The lowest BCUT2D eigenvalue weighted by atomic mass is 10.0. The van der Waals surface area contributed by atoms with Crippen LogP contribution in [0.4, 0.5) is 8.78 Å². The molecule has 106 valence electrons. The van der Waals surface area contributed by atoms with Gasteiger partial charge in [-0.25, -0.2) is 21.9 Å². The van der Waals surface area contributed by atoms with E-state index in [1.165, 1.54) is 0 Å². The number of hydrogen-bond donors (Lipinski definition) is 2. The first-order valence-electron chi connectivity index (χ1n) is 6.15. The van der Waals surface area contributed by atoms with Crippen LogP contribution in [0.15, 0.2) is 23.1 Å². The van der Waals surface area contributed by atoms with E-state index in [1.807, 2.05) is 0 Å². The maximum atomic E-state index is 13.4. The Balaban J connectivity index is 2.09. The Kier molecular flexibility index (Phi) is 4.49. The number of benzene rings is 1. The number of sulfonamides is 1. The molecule has 1 aliphatic heterocycles. The molecule has 1 atom stereocenters. The number of piperidine rings is 1. The third-order valence-corrected chi connectivity index (χ3v) is 4.62. The SMILES string of the molecule is O=S(=O)(NC[C@H]1CCCNC1)c1c(F)cccc1F. The quantitative estimate of drug-likeness (QED) is 0.877. The molecule has 1 heterocycles. The molecular formula is C12H16F2N2O2S. The smallest absolute Gasteiger partial charge is 0.246 e. The summed E-state index contributed by atoms with van der Waals surface area (Å²) < 4.78 is 53.0. The fourth-order valence-electron chi connectivity index (χ4n) is 2.14. The number of rotatable bonds is 4. The molecule has 0 radical (unpaired) electrons. The molecule has 0 spiro atoms. The van der Waals surface area contributed by atoms with E-state index in [2.05, 4.69) is 10.0 Å². The van der Waals surface area contributed by atoms with Crippen molar-refractivity contribution in [3.8, 4) is 0 Å². The van der Waals surface area contributed by atoms with Gasteiger partial charge < -0.3 is 5.32 Å². The standard InChI is InChI=1S/C12H16F2N2O2S/c13-10-4-1-5-11(14)12(10)19(17,18)16-8-9-3-2-6-15-7-9/h1,4-5,9,15-16H,2-3,6-8H2/t9-/m0/s1. The summed E-state index contributed by atoms with van der Waals surface area (Å²) in [4.78, 5) is -0.904. The van der Waals surface area contributed by atoms with Gasteiger partial charge in [-0.05, 0) is 44.0 Å². The summed E-state index contributed by atoms with van der Waals surface area (Å²) in [5.41, 5.74) is 0. The molecule has 1 saturated heterocycles. The van der Waals surface area contributed by atoms with E-state index in [1.54, 1.807) is 0 Å². The molecule has 0 aromatic heterocycles. The van der Waals surface area contributed by atoms with Gasteiger partial charge in [0.2, 0.25) is 10.0 Å². The fraction of sp³-hybridized carbons (Fsp3) is 0.500. The van der Waals surface area contributed by atoms with Crippen molar-refractivity contribution in [2.45, 2.75) is 17.7 Å². The highest BCUT2D eigenvalue weighted by Gasteiger charge is 2.25. The summed E-state index contributed by atoms with van der Waals surface area (Å²) >= 11 is 0. The van der Waals surface area contributed by atoms with Gasteiger partial charge >= 0.3 is 0 Å². The van der Waals surface area contributed by atoms with Crippen molar-refractivity contribution in [2.24, 2.45) is 5.92 Å². The predicted molar refractivity (Wildman–Crippen MR) is 67.1 cm³/mol. The Hall–Kier alpha value is -1.05. The maximum absolute atomic E-state index is 13.4. The molecule has 0 saturated carbocycles. The van der Waals surface area contributed by atoms with Gasteiger partial charge in [0, 0.05) is 6.54 Å². The van der Waals surface area contributed by atoms with Crippen LogP contribution in [0.3, 0.4) is 0 Å². The molecule has 1 aliphatic rings. The van der Waals surface area contributed by atoms with Gasteiger partial charge in [0.1, 0.15) is 11.6 Å². The van der Waals surface area contributed by atoms with Crippen LogP contribution in [0, 0.1) is 17.6 Å². The highest BCUT2D eigenvalue weighted by molar-refractivity contribution is 7.89.